The van der Waals surface area contributed by atoms with E-state index in [1.807, 2.05) is 0 Å². The predicted molar refractivity (Wildman–Crippen MR) is 83.2 cm³/mol. The first-order chi connectivity index (χ1) is 9.66. The van der Waals surface area contributed by atoms with Gasteiger partial charge in [0.1, 0.15) is 0 Å². The Bertz CT molecular complexity index is 421. The van der Waals surface area contributed by atoms with E-state index >= 15 is 0 Å². The minimum Gasteiger partial charge on any atom is -0.493 e. The third kappa shape index (κ3) is 5.85. The third-order valence-electron chi connectivity index (χ3n) is 3.85. The van der Waals surface area contributed by atoms with Gasteiger partial charge >= 0.3 is 5.69 Å². The summed E-state index contributed by atoms with van der Waals surface area (Å²) in [5, 5.41) is 9.60. The average molecular weight is 282 g/mol. The Labute approximate surface area is 122 Å². The molecule has 0 amide bonds. The molecule has 0 spiro atoms. The largest absolute Gasteiger partial charge is 0.493 e. The SMILES string of the molecule is CCCCCCCCCCCCn1c(O)cn(C)c1=O. The smallest absolute Gasteiger partial charge is 0.330 e. The Morgan fingerprint density at radius 3 is 1.90 bits per heavy atom. The molecular formula is C16H30N2O2. The van der Waals surface area contributed by atoms with Gasteiger partial charge in [0.25, 0.3) is 0 Å². The predicted octanol–water partition coefficient (Wildman–Crippen LogP) is 3.81. The van der Waals surface area contributed by atoms with Gasteiger partial charge in [-0.05, 0) is 6.42 Å². The van der Waals surface area contributed by atoms with Gasteiger partial charge in [-0.1, -0.05) is 64.7 Å². The van der Waals surface area contributed by atoms with Crippen molar-refractivity contribution in [3.05, 3.63) is 16.7 Å². The van der Waals surface area contributed by atoms with E-state index in [-0.39, 0.29) is 11.6 Å². The van der Waals surface area contributed by atoms with Gasteiger partial charge in [0.2, 0.25) is 5.88 Å². The molecule has 0 saturated carbocycles. The maximum absolute atomic E-state index is 11.6. The van der Waals surface area contributed by atoms with Gasteiger partial charge in [0, 0.05) is 13.6 Å². The molecule has 0 fully saturated rings. The monoisotopic (exact) mass is 282 g/mol. The fourth-order valence-electron chi connectivity index (χ4n) is 2.55. The van der Waals surface area contributed by atoms with E-state index in [1.54, 1.807) is 7.05 Å². The van der Waals surface area contributed by atoms with Crippen LogP contribution in [0.3, 0.4) is 0 Å². The molecule has 1 N–H and O–H groups in total. The summed E-state index contributed by atoms with van der Waals surface area (Å²) in [6, 6.07) is 0. The first-order valence-corrected chi connectivity index (χ1v) is 8.12. The number of hydrogen-bond acceptors (Lipinski definition) is 2. The lowest BCUT2D eigenvalue weighted by Crippen LogP contribution is -2.22. The summed E-state index contributed by atoms with van der Waals surface area (Å²) in [5.74, 6) is 0.0772. The van der Waals surface area contributed by atoms with Crippen molar-refractivity contribution in [2.75, 3.05) is 0 Å². The molecule has 4 heteroatoms. The van der Waals surface area contributed by atoms with Crippen molar-refractivity contribution in [1.29, 1.82) is 0 Å². The lowest BCUT2D eigenvalue weighted by molar-refractivity contribution is 0.405. The molecule has 1 aromatic heterocycles. The summed E-state index contributed by atoms with van der Waals surface area (Å²) in [5.41, 5.74) is -0.126. The van der Waals surface area contributed by atoms with Gasteiger partial charge in [0.05, 0.1) is 6.20 Å². The van der Waals surface area contributed by atoms with Crippen LogP contribution in [0.5, 0.6) is 5.88 Å². The van der Waals surface area contributed by atoms with Crippen LogP contribution in [0.1, 0.15) is 71.1 Å². The van der Waals surface area contributed by atoms with Crippen LogP contribution in [-0.2, 0) is 13.6 Å². The normalized spacial score (nSPS) is 11.1. The quantitative estimate of drug-likeness (QED) is 0.627. The summed E-state index contributed by atoms with van der Waals surface area (Å²) < 4.78 is 2.87. The van der Waals surface area contributed by atoms with Crippen LogP contribution in [0, 0.1) is 0 Å². The van der Waals surface area contributed by atoms with Crippen LogP contribution in [0.25, 0.3) is 0 Å². The number of rotatable bonds is 11. The summed E-state index contributed by atoms with van der Waals surface area (Å²) in [4.78, 5) is 11.6. The number of imidazole rings is 1. The molecule has 0 aromatic carbocycles. The topological polar surface area (TPSA) is 47.2 Å². The van der Waals surface area contributed by atoms with Gasteiger partial charge in [-0.25, -0.2) is 4.79 Å². The fraction of sp³-hybridized carbons (Fsp3) is 0.812. The van der Waals surface area contributed by atoms with Gasteiger partial charge in [-0.3, -0.25) is 9.13 Å². The van der Waals surface area contributed by atoms with E-state index in [0.29, 0.717) is 6.54 Å². The number of nitrogens with zero attached hydrogens (tertiary/aromatic N) is 2. The Hall–Kier alpha value is -1.19. The maximum atomic E-state index is 11.6. The highest BCUT2D eigenvalue weighted by Crippen LogP contribution is 2.12. The Morgan fingerprint density at radius 2 is 1.45 bits per heavy atom. The molecule has 0 saturated heterocycles. The molecule has 116 valence electrons. The highest BCUT2D eigenvalue weighted by atomic mass is 16.3. The van der Waals surface area contributed by atoms with Crippen molar-refractivity contribution in [2.45, 2.75) is 77.7 Å². The molecule has 20 heavy (non-hydrogen) atoms. The zero-order valence-corrected chi connectivity index (χ0v) is 13.1. The molecule has 1 rings (SSSR count). The number of aryl methyl sites for hydroxylation is 1. The lowest BCUT2D eigenvalue weighted by Gasteiger charge is -2.04. The zero-order valence-electron chi connectivity index (χ0n) is 13.1. The summed E-state index contributed by atoms with van der Waals surface area (Å²) in [6.07, 6.45) is 14.2. The summed E-state index contributed by atoms with van der Waals surface area (Å²) in [7, 11) is 1.66. The Balaban J connectivity index is 2.01. The van der Waals surface area contributed by atoms with Crippen LogP contribution in [0.4, 0.5) is 0 Å². The van der Waals surface area contributed by atoms with E-state index in [0.717, 1.165) is 12.8 Å². The highest BCUT2D eigenvalue weighted by Gasteiger charge is 2.06. The van der Waals surface area contributed by atoms with E-state index < -0.39 is 0 Å². The van der Waals surface area contributed by atoms with Crippen molar-refractivity contribution < 1.29 is 5.11 Å². The molecule has 0 bridgehead atoms. The molecule has 4 nitrogen and oxygen atoms in total. The Morgan fingerprint density at radius 1 is 0.950 bits per heavy atom. The first-order valence-electron chi connectivity index (χ1n) is 8.12. The van der Waals surface area contributed by atoms with Crippen molar-refractivity contribution in [2.24, 2.45) is 7.05 Å². The average Bonchev–Trinajstić information content (AvgIpc) is 2.67. The molecule has 0 radical (unpaired) electrons. The van der Waals surface area contributed by atoms with Gasteiger partial charge < -0.3 is 5.11 Å². The van der Waals surface area contributed by atoms with E-state index in [2.05, 4.69) is 6.92 Å². The minimum atomic E-state index is -0.126. The van der Waals surface area contributed by atoms with Crippen molar-refractivity contribution in [3.63, 3.8) is 0 Å². The van der Waals surface area contributed by atoms with Gasteiger partial charge in [-0.2, -0.15) is 0 Å². The number of unbranched alkanes of at least 4 members (excludes halogenated alkanes) is 9. The van der Waals surface area contributed by atoms with Crippen LogP contribution in [-0.4, -0.2) is 14.2 Å². The first kappa shape index (κ1) is 16.9. The number of aromatic hydroxyl groups is 1. The van der Waals surface area contributed by atoms with Crippen LogP contribution in [0.2, 0.25) is 0 Å². The van der Waals surface area contributed by atoms with E-state index in [9.17, 15) is 9.90 Å². The molecule has 1 heterocycles. The number of aromatic nitrogens is 2. The third-order valence-corrected chi connectivity index (χ3v) is 3.85. The van der Waals surface area contributed by atoms with Gasteiger partial charge in [0.15, 0.2) is 0 Å². The zero-order chi connectivity index (χ0) is 14.8. The van der Waals surface area contributed by atoms with Crippen molar-refractivity contribution >= 4 is 0 Å². The van der Waals surface area contributed by atoms with Crippen LogP contribution >= 0.6 is 0 Å². The molecular weight excluding hydrogens is 252 g/mol. The second-order valence-electron chi connectivity index (χ2n) is 5.71. The maximum Gasteiger partial charge on any atom is 0.330 e. The second kappa shape index (κ2) is 9.67. The Kier molecular flexibility index (Phi) is 8.16. The highest BCUT2D eigenvalue weighted by molar-refractivity contribution is 5.04. The molecule has 0 aliphatic rings. The van der Waals surface area contributed by atoms with Gasteiger partial charge in [-0.15, -0.1) is 0 Å². The van der Waals surface area contributed by atoms with E-state index in [1.165, 1.54) is 66.7 Å². The summed E-state index contributed by atoms with van der Waals surface area (Å²) in [6.45, 7) is 2.87. The number of hydrogen-bond donors (Lipinski definition) is 1. The van der Waals surface area contributed by atoms with E-state index in [4.69, 9.17) is 0 Å². The molecule has 1 aromatic rings. The summed E-state index contributed by atoms with van der Waals surface area (Å²) >= 11 is 0. The lowest BCUT2D eigenvalue weighted by atomic mass is 10.1. The van der Waals surface area contributed by atoms with Crippen LogP contribution in [0.15, 0.2) is 11.0 Å². The van der Waals surface area contributed by atoms with Crippen molar-refractivity contribution in [1.82, 2.24) is 9.13 Å². The van der Waals surface area contributed by atoms with Crippen molar-refractivity contribution in [3.8, 4) is 5.88 Å². The molecule has 0 unspecified atom stereocenters. The minimum absolute atomic E-state index is 0.0772. The molecule has 0 aliphatic carbocycles. The standard InChI is InChI=1S/C16H30N2O2/c1-3-4-5-6-7-8-9-10-11-12-13-18-15(19)14-17(2)16(18)20/h14,19H,3-13H2,1-2H3. The molecule has 0 atom stereocenters. The molecule has 0 aliphatic heterocycles. The fourth-order valence-corrected chi connectivity index (χ4v) is 2.55. The second-order valence-corrected chi connectivity index (χ2v) is 5.71. The van der Waals surface area contributed by atoms with Crippen LogP contribution < -0.4 is 5.69 Å².